The fourth-order valence-corrected chi connectivity index (χ4v) is 2.81. The number of halogens is 2. The summed E-state index contributed by atoms with van der Waals surface area (Å²) in [5.41, 5.74) is -1.48. The molecule has 0 amide bonds. The average Bonchev–Trinajstić information content (AvgIpc) is 2.64. The van der Waals surface area contributed by atoms with Crippen LogP contribution in [0.1, 0.15) is 11.6 Å². The molecule has 0 spiro atoms. The Morgan fingerprint density at radius 1 is 1.38 bits per heavy atom. The molecule has 7 nitrogen and oxygen atoms in total. The first-order valence-electron chi connectivity index (χ1n) is 6.15. The maximum atomic E-state index is 14.3. The molecule has 21 heavy (non-hydrogen) atoms. The number of aliphatic hydroxyl groups is 3. The molecule has 1 heterocycles. The Balaban J connectivity index is 2.54. The van der Waals surface area contributed by atoms with Crippen molar-refractivity contribution in [1.29, 1.82) is 0 Å². The Hall–Kier alpha value is -1.29. The van der Waals surface area contributed by atoms with Crippen molar-refractivity contribution < 1.29 is 19.7 Å². The van der Waals surface area contributed by atoms with Crippen LogP contribution in [0, 0.1) is 5.92 Å². The van der Waals surface area contributed by atoms with Crippen molar-refractivity contribution in [2.45, 2.75) is 24.4 Å². The lowest BCUT2D eigenvalue weighted by Gasteiger charge is -2.20. The van der Waals surface area contributed by atoms with Gasteiger partial charge < -0.3 is 15.3 Å². The zero-order valence-electron chi connectivity index (χ0n) is 10.7. The molecule has 116 valence electrons. The van der Waals surface area contributed by atoms with Crippen LogP contribution in [-0.2, 0) is 0 Å². The fourth-order valence-electron chi connectivity index (χ4n) is 2.52. The zero-order valence-corrected chi connectivity index (χ0v) is 12.3. The lowest BCUT2D eigenvalue weighted by molar-refractivity contribution is -0.00561. The van der Waals surface area contributed by atoms with Crippen molar-refractivity contribution in [3.63, 3.8) is 0 Å². The van der Waals surface area contributed by atoms with Gasteiger partial charge in [0.2, 0.25) is 0 Å². The minimum atomic E-state index is -1.83. The molecule has 1 aliphatic carbocycles. The van der Waals surface area contributed by atoms with Gasteiger partial charge in [-0.05, 0) is 11.1 Å². The summed E-state index contributed by atoms with van der Waals surface area (Å²) in [6, 6.07) is -1.39. The smallest absolute Gasteiger partial charge is 0.328 e. The van der Waals surface area contributed by atoms with E-state index in [-0.39, 0.29) is 5.56 Å². The van der Waals surface area contributed by atoms with Crippen LogP contribution in [0.4, 0.5) is 4.39 Å². The number of aromatic amines is 1. The first-order chi connectivity index (χ1) is 9.92. The fraction of sp³-hybridized carbons (Fsp3) is 0.500. The molecule has 1 aromatic heterocycles. The second kappa shape index (κ2) is 6.22. The summed E-state index contributed by atoms with van der Waals surface area (Å²) in [4.78, 5) is 26.8. The summed E-state index contributed by atoms with van der Waals surface area (Å²) >= 11 is 2.98. The SMILES string of the molecule is O=c1[nH]c(=O)n([C@H]2C(O)C(O)[C@@H](CO)[C@@H]2F)cc1C=CBr. The maximum Gasteiger partial charge on any atom is 0.328 e. The van der Waals surface area contributed by atoms with Gasteiger partial charge in [0.15, 0.2) is 0 Å². The normalized spacial score (nSPS) is 32.9. The standard InChI is InChI=1S/C12H14BrFN2O5/c13-2-1-5-3-16(12(21)15-11(5)20)8-7(14)6(4-17)9(18)10(8)19/h1-3,6-10,17-19H,4H2,(H,15,20,21)/t6-,7-,8+,9?,10?/m0/s1. The van der Waals surface area contributed by atoms with Crippen molar-refractivity contribution in [1.82, 2.24) is 9.55 Å². The Kier molecular flexibility index (Phi) is 4.77. The van der Waals surface area contributed by atoms with Gasteiger partial charge in [-0.3, -0.25) is 14.3 Å². The number of nitrogens with zero attached hydrogens (tertiary/aromatic N) is 1. The lowest BCUT2D eigenvalue weighted by Crippen LogP contribution is -2.39. The van der Waals surface area contributed by atoms with Crippen LogP contribution in [0.2, 0.25) is 0 Å². The zero-order chi connectivity index (χ0) is 15.7. The second-order valence-electron chi connectivity index (χ2n) is 4.81. The van der Waals surface area contributed by atoms with Crippen molar-refractivity contribution >= 4 is 22.0 Å². The number of nitrogens with one attached hydrogen (secondary N) is 1. The van der Waals surface area contributed by atoms with E-state index in [1.54, 1.807) is 0 Å². The number of aromatic nitrogens is 2. The number of alkyl halides is 1. The Bertz CT molecular complexity index is 658. The van der Waals surface area contributed by atoms with E-state index in [2.05, 4.69) is 15.9 Å². The van der Waals surface area contributed by atoms with Gasteiger partial charge in [0, 0.05) is 12.1 Å². The van der Waals surface area contributed by atoms with Gasteiger partial charge in [-0.1, -0.05) is 15.9 Å². The molecular weight excluding hydrogens is 351 g/mol. The van der Waals surface area contributed by atoms with Crippen LogP contribution in [-0.4, -0.2) is 49.9 Å². The van der Waals surface area contributed by atoms with Crippen molar-refractivity contribution in [3.8, 4) is 0 Å². The van der Waals surface area contributed by atoms with E-state index < -0.39 is 48.2 Å². The molecular formula is C12H14BrFN2O5. The first kappa shape index (κ1) is 16.1. The van der Waals surface area contributed by atoms with Crippen LogP contribution >= 0.6 is 15.9 Å². The van der Waals surface area contributed by atoms with E-state index in [1.165, 1.54) is 11.1 Å². The maximum absolute atomic E-state index is 14.3. The molecule has 1 aromatic rings. The van der Waals surface area contributed by atoms with Crippen molar-refractivity contribution in [3.05, 3.63) is 37.6 Å². The van der Waals surface area contributed by atoms with Crippen LogP contribution in [0.25, 0.3) is 6.08 Å². The Labute approximate surface area is 126 Å². The molecule has 9 heteroatoms. The van der Waals surface area contributed by atoms with Gasteiger partial charge in [-0.2, -0.15) is 0 Å². The van der Waals surface area contributed by atoms with Gasteiger partial charge in [0.25, 0.3) is 5.56 Å². The van der Waals surface area contributed by atoms with Crippen molar-refractivity contribution in [2.24, 2.45) is 5.92 Å². The molecule has 5 atom stereocenters. The van der Waals surface area contributed by atoms with E-state index >= 15 is 0 Å². The molecule has 0 bridgehead atoms. The molecule has 2 rings (SSSR count). The molecule has 0 aromatic carbocycles. The number of aliphatic hydroxyl groups excluding tert-OH is 3. The summed E-state index contributed by atoms with van der Waals surface area (Å²) in [5.74, 6) is -1.20. The molecule has 0 radical (unpaired) electrons. The van der Waals surface area contributed by atoms with Gasteiger partial charge in [-0.15, -0.1) is 0 Å². The molecule has 0 saturated heterocycles. The lowest BCUT2D eigenvalue weighted by atomic mass is 10.1. The summed E-state index contributed by atoms with van der Waals surface area (Å²) in [6.45, 7) is -0.665. The number of H-pyrrole nitrogens is 1. The largest absolute Gasteiger partial charge is 0.396 e. The van der Waals surface area contributed by atoms with Gasteiger partial charge in [0.1, 0.15) is 12.3 Å². The third-order valence-electron chi connectivity index (χ3n) is 3.64. The van der Waals surface area contributed by atoms with Gasteiger partial charge in [0.05, 0.1) is 24.3 Å². The Morgan fingerprint density at radius 3 is 2.57 bits per heavy atom. The first-order valence-corrected chi connectivity index (χ1v) is 7.07. The Morgan fingerprint density at radius 2 is 2.05 bits per heavy atom. The van der Waals surface area contributed by atoms with E-state index in [0.717, 1.165) is 10.8 Å². The number of hydrogen-bond donors (Lipinski definition) is 4. The van der Waals surface area contributed by atoms with Crippen LogP contribution in [0.15, 0.2) is 20.8 Å². The molecule has 1 saturated carbocycles. The summed E-state index contributed by atoms with van der Waals surface area (Å²) in [5, 5.41) is 28.7. The topological polar surface area (TPSA) is 116 Å². The highest BCUT2D eigenvalue weighted by atomic mass is 79.9. The van der Waals surface area contributed by atoms with E-state index in [4.69, 9.17) is 5.11 Å². The molecule has 1 fully saturated rings. The van der Waals surface area contributed by atoms with E-state index in [0.29, 0.717) is 0 Å². The molecule has 4 N–H and O–H groups in total. The van der Waals surface area contributed by atoms with Crippen LogP contribution in [0.5, 0.6) is 0 Å². The molecule has 0 aliphatic heterocycles. The minimum Gasteiger partial charge on any atom is -0.396 e. The molecule has 2 unspecified atom stereocenters. The summed E-state index contributed by atoms with van der Waals surface area (Å²) in [6.07, 6.45) is -2.44. The monoisotopic (exact) mass is 364 g/mol. The predicted octanol–water partition coefficient (Wildman–Crippen LogP) is -0.875. The highest BCUT2D eigenvalue weighted by Crippen LogP contribution is 2.37. The quantitative estimate of drug-likeness (QED) is 0.556. The summed E-state index contributed by atoms with van der Waals surface area (Å²) < 4.78 is 15.1. The summed E-state index contributed by atoms with van der Waals surface area (Å²) in [7, 11) is 0. The number of hydrogen-bond acceptors (Lipinski definition) is 5. The highest BCUT2D eigenvalue weighted by molar-refractivity contribution is 9.11. The third kappa shape index (κ3) is 2.73. The van der Waals surface area contributed by atoms with E-state index in [1.807, 2.05) is 4.98 Å². The predicted molar refractivity (Wildman–Crippen MR) is 75.8 cm³/mol. The van der Waals surface area contributed by atoms with E-state index in [9.17, 15) is 24.2 Å². The average molecular weight is 365 g/mol. The van der Waals surface area contributed by atoms with Gasteiger partial charge >= 0.3 is 5.69 Å². The third-order valence-corrected chi connectivity index (χ3v) is 3.91. The highest BCUT2D eigenvalue weighted by Gasteiger charge is 2.51. The molecule has 1 aliphatic rings. The van der Waals surface area contributed by atoms with Crippen LogP contribution < -0.4 is 11.2 Å². The van der Waals surface area contributed by atoms with Gasteiger partial charge in [-0.25, -0.2) is 9.18 Å². The second-order valence-corrected chi connectivity index (χ2v) is 5.33. The number of rotatable bonds is 3. The van der Waals surface area contributed by atoms with Crippen molar-refractivity contribution in [2.75, 3.05) is 6.61 Å². The van der Waals surface area contributed by atoms with Crippen LogP contribution in [0.3, 0.4) is 0 Å². The minimum absolute atomic E-state index is 0.0767.